The van der Waals surface area contributed by atoms with Crippen molar-refractivity contribution in [2.24, 2.45) is 7.05 Å². The molecule has 3 nitrogen and oxygen atoms in total. The van der Waals surface area contributed by atoms with Crippen molar-refractivity contribution in [1.82, 2.24) is 9.78 Å². The zero-order valence-electron chi connectivity index (χ0n) is 13.2. The lowest BCUT2D eigenvalue weighted by Gasteiger charge is -2.10. The van der Waals surface area contributed by atoms with Crippen molar-refractivity contribution in [2.45, 2.75) is 13.3 Å². The Labute approximate surface area is 131 Å². The average molecular weight is 292 g/mol. The first kappa shape index (κ1) is 14.4. The fourth-order valence-electron chi connectivity index (χ4n) is 2.64. The van der Waals surface area contributed by atoms with Crippen molar-refractivity contribution < 1.29 is 4.74 Å². The molecule has 0 N–H and O–H groups in total. The largest absolute Gasteiger partial charge is 0.496 e. The Bertz CT molecular complexity index is 772. The molecule has 0 unspecified atom stereocenters. The summed E-state index contributed by atoms with van der Waals surface area (Å²) in [6.45, 7) is 2.14. The molecule has 0 saturated carbocycles. The molecule has 0 fully saturated rings. The van der Waals surface area contributed by atoms with Crippen molar-refractivity contribution in [2.75, 3.05) is 7.11 Å². The lowest BCUT2D eigenvalue weighted by Crippen LogP contribution is -1.91. The maximum absolute atomic E-state index is 5.40. The van der Waals surface area contributed by atoms with Gasteiger partial charge in [0.2, 0.25) is 0 Å². The first-order chi connectivity index (χ1) is 10.7. The van der Waals surface area contributed by atoms with E-state index in [4.69, 9.17) is 4.74 Å². The van der Waals surface area contributed by atoms with E-state index < -0.39 is 0 Å². The van der Waals surface area contributed by atoms with Crippen molar-refractivity contribution in [1.29, 1.82) is 0 Å². The average Bonchev–Trinajstić information content (AvgIpc) is 3.01. The van der Waals surface area contributed by atoms with Crippen LogP contribution in [0.25, 0.3) is 22.4 Å². The third-order valence-electron chi connectivity index (χ3n) is 3.89. The molecule has 0 aliphatic heterocycles. The Kier molecular flexibility index (Phi) is 3.96. The van der Waals surface area contributed by atoms with Gasteiger partial charge in [-0.1, -0.05) is 37.3 Å². The number of hydrogen-bond acceptors (Lipinski definition) is 2. The minimum atomic E-state index is 0.955. The molecule has 3 aromatic rings. The predicted octanol–water partition coefficient (Wildman–Crippen LogP) is 4.33. The second kappa shape index (κ2) is 6.06. The minimum Gasteiger partial charge on any atom is -0.496 e. The molecule has 0 radical (unpaired) electrons. The molecule has 2 aromatic carbocycles. The number of rotatable bonds is 4. The number of benzene rings is 2. The van der Waals surface area contributed by atoms with Crippen molar-refractivity contribution in [3.63, 3.8) is 0 Å². The standard InChI is InChI=1S/C19H20N2O/c1-4-14-13-17(9-10-19(14)22-3)15-5-7-16(8-6-15)18-11-12-21(2)20-18/h5-13H,4H2,1-3H3. The van der Waals surface area contributed by atoms with Crippen LogP contribution in [0.2, 0.25) is 0 Å². The highest BCUT2D eigenvalue weighted by Gasteiger charge is 2.06. The molecule has 0 spiro atoms. The molecule has 3 heteroatoms. The minimum absolute atomic E-state index is 0.955. The van der Waals surface area contributed by atoms with Gasteiger partial charge in [-0.15, -0.1) is 0 Å². The number of nitrogens with zero attached hydrogens (tertiary/aromatic N) is 2. The van der Waals surface area contributed by atoms with Gasteiger partial charge in [-0.2, -0.15) is 5.10 Å². The number of methoxy groups -OCH3 is 1. The molecule has 112 valence electrons. The molecule has 0 saturated heterocycles. The topological polar surface area (TPSA) is 27.1 Å². The van der Waals surface area contributed by atoms with Gasteiger partial charge in [0.15, 0.2) is 0 Å². The number of ether oxygens (including phenoxy) is 1. The monoisotopic (exact) mass is 292 g/mol. The Morgan fingerprint density at radius 3 is 2.23 bits per heavy atom. The molecule has 0 aliphatic carbocycles. The van der Waals surface area contributed by atoms with Crippen LogP contribution in [0, 0.1) is 0 Å². The van der Waals surface area contributed by atoms with Crippen LogP contribution in [-0.4, -0.2) is 16.9 Å². The van der Waals surface area contributed by atoms with Gasteiger partial charge in [-0.3, -0.25) is 4.68 Å². The van der Waals surface area contributed by atoms with Crippen LogP contribution in [0.3, 0.4) is 0 Å². The van der Waals surface area contributed by atoms with Crippen LogP contribution in [0.1, 0.15) is 12.5 Å². The van der Waals surface area contributed by atoms with Gasteiger partial charge in [0.05, 0.1) is 12.8 Å². The van der Waals surface area contributed by atoms with Gasteiger partial charge < -0.3 is 4.74 Å². The van der Waals surface area contributed by atoms with E-state index in [0.29, 0.717) is 0 Å². The van der Waals surface area contributed by atoms with E-state index in [9.17, 15) is 0 Å². The van der Waals surface area contributed by atoms with Crippen molar-refractivity contribution >= 4 is 0 Å². The van der Waals surface area contributed by atoms with Crippen LogP contribution >= 0.6 is 0 Å². The smallest absolute Gasteiger partial charge is 0.122 e. The molecule has 0 aliphatic rings. The first-order valence-electron chi connectivity index (χ1n) is 7.48. The van der Waals surface area contributed by atoms with Crippen LogP contribution in [0.5, 0.6) is 5.75 Å². The zero-order chi connectivity index (χ0) is 15.5. The van der Waals surface area contributed by atoms with Gasteiger partial charge in [-0.05, 0) is 41.3 Å². The van der Waals surface area contributed by atoms with E-state index in [2.05, 4.69) is 48.4 Å². The van der Waals surface area contributed by atoms with Gasteiger partial charge in [-0.25, -0.2) is 0 Å². The van der Waals surface area contributed by atoms with Crippen molar-refractivity contribution in [3.8, 4) is 28.1 Å². The third-order valence-corrected chi connectivity index (χ3v) is 3.89. The zero-order valence-corrected chi connectivity index (χ0v) is 13.2. The van der Waals surface area contributed by atoms with E-state index >= 15 is 0 Å². The fourth-order valence-corrected chi connectivity index (χ4v) is 2.64. The van der Waals surface area contributed by atoms with Gasteiger partial charge in [0, 0.05) is 18.8 Å². The highest BCUT2D eigenvalue weighted by Crippen LogP contribution is 2.28. The second-order valence-electron chi connectivity index (χ2n) is 5.33. The first-order valence-corrected chi connectivity index (χ1v) is 7.48. The summed E-state index contributed by atoms with van der Waals surface area (Å²) >= 11 is 0. The third kappa shape index (κ3) is 2.75. The summed E-state index contributed by atoms with van der Waals surface area (Å²) in [7, 11) is 3.65. The molecule has 3 rings (SSSR count). The van der Waals surface area contributed by atoms with Gasteiger partial charge >= 0.3 is 0 Å². The van der Waals surface area contributed by atoms with Gasteiger partial charge in [0.1, 0.15) is 5.75 Å². The Hall–Kier alpha value is -2.55. The maximum Gasteiger partial charge on any atom is 0.122 e. The number of aryl methyl sites for hydroxylation is 2. The molecule has 0 bridgehead atoms. The van der Waals surface area contributed by atoms with Crippen LogP contribution in [0.4, 0.5) is 0 Å². The molecular weight excluding hydrogens is 272 g/mol. The van der Waals surface area contributed by atoms with E-state index in [1.54, 1.807) is 7.11 Å². The summed E-state index contributed by atoms with van der Waals surface area (Å²) < 4.78 is 7.22. The number of aromatic nitrogens is 2. The molecule has 0 amide bonds. The molecular formula is C19H20N2O. The summed E-state index contributed by atoms with van der Waals surface area (Å²) in [6, 6.07) is 16.9. The lowest BCUT2D eigenvalue weighted by atomic mass is 9.99. The molecule has 1 aromatic heterocycles. The Morgan fingerprint density at radius 1 is 0.955 bits per heavy atom. The van der Waals surface area contributed by atoms with Crippen molar-refractivity contribution in [3.05, 3.63) is 60.3 Å². The van der Waals surface area contributed by atoms with E-state index in [0.717, 1.165) is 23.4 Å². The van der Waals surface area contributed by atoms with E-state index in [1.807, 2.05) is 30.1 Å². The van der Waals surface area contributed by atoms with Gasteiger partial charge in [0.25, 0.3) is 0 Å². The quantitative estimate of drug-likeness (QED) is 0.716. The molecule has 22 heavy (non-hydrogen) atoms. The summed E-state index contributed by atoms with van der Waals surface area (Å²) in [5.74, 6) is 0.955. The molecule has 0 atom stereocenters. The van der Waals surface area contributed by atoms with Crippen LogP contribution < -0.4 is 4.74 Å². The maximum atomic E-state index is 5.40. The lowest BCUT2D eigenvalue weighted by molar-refractivity contribution is 0.410. The fraction of sp³-hybridized carbons (Fsp3) is 0.211. The normalized spacial score (nSPS) is 10.7. The highest BCUT2D eigenvalue weighted by atomic mass is 16.5. The highest BCUT2D eigenvalue weighted by molar-refractivity contribution is 5.70. The van der Waals surface area contributed by atoms with E-state index in [1.165, 1.54) is 16.7 Å². The summed E-state index contributed by atoms with van der Waals surface area (Å²) in [6.07, 6.45) is 2.92. The Morgan fingerprint density at radius 2 is 1.64 bits per heavy atom. The molecule has 1 heterocycles. The predicted molar refractivity (Wildman–Crippen MR) is 90.0 cm³/mol. The van der Waals surface area contributed by atoms with Crippen LogP contribution in [-0.2, 0) is 13.5 Å². The summed E-state index contributed by atoms with van der Waals surface area (Å²) in [5.41, 5.74) is 5.78. The second-order valence-corrected chi connectivity index (χ2v) is 5.33. The summed E-state index contributed by atoms with van der Waals surface area (Å²) in [5, 5.41) is 4.43. The van der Waals surface area contributed by atoms with E-state index in [-0.39, 0.29) is 0 Å². The number of hydrogen-bond donors (Lipinski definition) is 0. The Balaban J connectivity index is 1.92. The van der Waals surface area contributed by atoms with Crippen LogP contribution in [0.15, 0.2) is 54.7 Å². The summed E-state index contributed by atoms with van der Waals surface area (Å²) in [4.78, 5) is 0. The SMILES string of the molecule is CCc1cc(-c2ccc(-c3ccn(C)n3)cc2)ccc1OC.